The van der Waals surface area contributed by atoms with Crippen molar-refractivity contribution in [3.05, 3.63) is 45.9 Å². The molecule has 0 aromatic heterocycles. The normalized spacial score (nSPS) is 17.8. The third-order valence-corrected chi connectivity index (χ3v) is 4.48. The molecule has 0 radical (unpaired) electrons. The Morgan fingerprint density at radius 2 is 2.17 bits per heavy atom. The number of esters is 1. The topological polar surface area (TPSA) is 50.8 Å². The minimum absolute atomic E-state index is 0.160. The zero-order valence-electron chi connectivity index (χ0n) is 13.6. The fourth-order valence-corrected chi connectivity index (χ4v) is 3.23. The number of carbonyl (C=O) groups is 1. The van der Waals surface area contributed by atoms with E-state index in [0.29, 0.717) is 24.0 Å². The van der Waals surface area contributed by atoms with Crippen LogP contribution in [0.4, 0.5) is 4.39 Å². The number of rotatable bonds is 5. The van der Waals surface area contributed by atoms with Crippen LogP contribution in [0.2, 0.25) is 5.02 Å². The van der Waals surface area contributed by atoms with Crippen molar-refractivity contribution in [1.29, 1.82) is 0 Å². The summed E-state index contributed by atoms with van der Waals surface area (Å²) in [5.74, 6) is -1.10. The van der Waals surface area contributed by atoms with Gasteiger partial charge in [-0.25, -0.2) is 9.18 Å². The molecule has 1 aliphatic heterocycles. The number of ether oxygens (including phenoxy) is 2. The van der Waals surface area contributed by atoms with E-state index in [1.807, 2.05) is 0 Å². The van der Waals surface area contributed by atoms with Crippen molar-refractivity contribution in [2.24, 2.45) is 0 Å². The van der Waals surface area contributed by atoms with Gasteiger partial charge in [0.15, 0.2) is 5.11 Å². The largest absolute Gasteiger partial charge is 0.466 e. The van der Waals surface area contributed by atoms with Crippen molar-refractivity contribution < 1.29 is 18.7 Å². The van der Waals surface area contributed by atoms with Crippen molar-refractivity contribution in [2.45, 2.75) is 13.0 Å². The molecule has 0 fully saturated rings. The zero-order valence-corrected chi connectivity index (χ0v) is 15.1. The standard InChI is InChI=1S/C16H18ClFN2O3S/c1-9-12(15(21)23-3)14(13-10(17)5-4-6-11(13)18)19-16(24)20(9)7-8-22-2/h4-6,14H,7-8H2,1-3H3,(H,19,24)/t14-/m1/s1. The summed E-state index contributed by atoms with van der Waals surface area (Å²) in [7, 11) is 2.84. The van der Waals surface area contributed by atoms with Crippen molar-refractivity contribution in [3.8, 4) is 0 Å². The summed E-state index contributed by atoms with van der Waals surface area (Å²) in [6.45, 7) is 2.60. The first-order chi connectivity index (χ1) is 11.4. The third kappa shape index (κ3) is 3.53. The molecule has 0 spiro atoms. The molecule has 24 heavy (non-hydrogen) atoms. The summed E-state index contributed by atoms with van der Waals surface area (Å²) in [6, 6.07) is 3.53. The minimum atomic E-state index is -0.822. The predicted octanol–water partition coefficient (Wildman–Crippen LogP) is 2.80. The van der Waals surface area contributed by atoms with Crippen molar-refractivity contribution in [2.75, 3.05) is 27.4 Å². The smallest absolute Gasteiger partial charge is 0.337 e. The minimum Gasteiger partial charge on any atom is -0.466 e. The number of methoxy groups -OCH3 is 2. The molecule has 0 saturated heterocycles. The Labute approximate surface area is 150 Å². The van der Waals surface area contributed by atoms with E-state index in [-0.39, 0.29) is 16.2 Å². The van der Waals surface area contributed by atoms with Crippen molar-refractivity contribution >= 4 is 34.9 Å². The van der Waals surface area contributed by atoms with Crippen LogP contribution >= 0.6 is 23.8 Å². The maximum absolute atomic E-state index is 14.4. The quantitative estimate of drug-likeness (QED) is 0.633. The Morgan fingerprint density at radius 3 is 2.75 bits per heavy atom. The van der Waals surface area contributed by atoms with Gasteiger partial charge in [-0.15, -0.1) is 0 Å². The first kappa shape index (κ1) is 18.6. The molecule has 1 heterocycles. The maximum Gasteiger partial charge on any atom is 0.337 e. The Balaban J connectivity index is 2.57. The molecule has 8 heteroatoms. The average Bonchev–Trinajstić information content (AvgIpc) is 2.54. The Kier molecular flexibility index (Phi) is 6.15. The summed E-state index contributed by atoms with van der Waals surface area (Å²) in [4.78, 5) is 14.0. The number of halogens is 2. The number of carbonyl (C=O) groups excluding carboxylic acids is 1. The van der Waals surface area contributed by atoms with Crippen LogP contribution in [-0.2, 0) is 14.3 Å². The summed E-state index contributed by atoms with van der Waals surface area (Å²) in [5.41, 5.74) is 0.994. The first-order valence-corrected chi connectivity index (χ1v) is 8.01. The van der Waals surface area contributed by atoms with Gasteiger partial charge in [-0.1, -0.05) is 17.7 Å². The van der Waals surface area contributed by atoms with Gasteiger partial charge in [0, 0.05) is 29.9 Å². The second-order valence-corrected chi connectivity index (χ2v) is 5.95. The van der Waals surface area contributed by atoms with Gasteiger partial charge in [0.2, 0.25) is 0 Å². The fourth-order valence-electron chi connectivity index (χ4n) is 2.61. The average molecular weight is 373 g/mol. The highest BCUT2D eigenvalue weighted by Gasteiger charge is 2.36. The van der Waals surface area contributed by atoms with Crippen LogP contribution in [0.5, 0.6) is 0 Å². The first-order valence-electron chi connectivity index (χ1n) is 7.22. The number of benzene rings is 1. The molecular weight excluding hydrogens is 355 g/mol. The number of nitrogens with one attached hydrogen (secondary N) is 1. The molecule has 0 bridgehead atoms. The molecular formula is C16H18ClFN2O3S. The van der Waals surface area contributed by atoms with E-state index >= 15 is 0 Å². The molecule has 2 rings (SSSR count). The SMILES string of the molecule is COCCN1C(=S)N[C@@H](c2c(F)cccc2Cl)C(C(=O)OC)=C1C. The Hall–Kier alpha value is -1.70. The van der Waals surface area contributed by atoms with Gasteiger partial charge >= 0.3 is 5.97 Å². The number of hydrogen-bond donors (Lipinski definition) is 1. The lowest BCUT2D eigenvalue weighted by molar-refractivity contribution is -0.136. The lowest BCUT2D eigenvalue weighted by Crippen LogP contribution is -2.49. The molecule has 1 atom stereocenters. The van der Waals surface area contributed by atoms with Crippen LogP contribution in [0.15, 0.2) is 29.5 Å². The van der Waals surface area contributed by atoms with Gasteiger partial charge in [0.05, 0.1) is 25.3 Å². The van der Waals surface area contributed by atoms with E-state index in [0.717, 1.165) is 0 Å². The lowest BCUT2D eigenvalue weighted by atomic mass is 9.94. The highest BCUT2D eigenvalue weighted by atomic mass is 35.5. The van der Waals surface area contributed by atoms with Crippen molar-refractivity contribution in [3.63, 3.8) is 0 Å². The van der Waals surface area contributed by atoms with Crippen LogP contribution in [0.3, 0.4) is 0 Å². The fraction of sp³-hybridized carbons (Fsp3) is 0.375. The summed E-state index contributed by atoms with van der Waals surface area (Å²) in [6.07, 6.45) is 0. The molecule has 0 saturated carbocycles. The molecule has 130 valence electrons. The predicted molar refractivity (Wildman–Crippen MR) is 93.2 cm³/mol. The van der Waals surface area contributed by atoms with Crippen LogP contribution < -0.4 is 5.32 Å². The Bertz CT molecular complexity index is 676. The van der Waals surface area contributed by atoms with Crippen LogP contribution in [0.25, 0.3) is 0 Å². The van der Waals surface area contributed by atoms with E-state index in [1.54, 1.807) is 25.0 Å². The van der Waals surface area contributed by atoms with E-state index in [4.69, 9.17) is 33.3 Å². The summed E-state index contributed by atoms with van der Waals surface area (Å²) in [5, 5.41) is 3.55. The molecule has 0 unspecified atom stereocenters. The number of nitrogens with zero attached hydrogens (tertiary/aromatic N) is 1. The van der Waals surface area contributed by atoms with Gasteiger partial charge in [-0.05, 0) is 31.3 Å². The molecule has 0 aliphatic carbocycles. The second-order valence-electron chi connectivity index (χ2n) is 5.15. The lowest BCUT2D eigenvalue weighted by Gasteiger charge is -2.37. The van der Waals surface area contributed by atoms with Gasteiger partial charge in [-0.3, -0.25) is 0 Å². The van der Waals surface area contributed by atoms with E-state index in [1.165, 1.54) is 19.2 Å². The monoisotopic (exact) mass is 372 g/mol. The van der Waals surface area contributed by atoms with Crippen LogP contribution in [-0.4, -0.2) is 43.4 Å². The maximum atomic E-state index is 14.4. The molecule has 0 amide bonds. The highest BCUT2D eigenvalue weighted by Crippen LogP contribution is 2.36. The summed E-state index contributed by atoms with van der Waals surface area (Å²) >= 11 is 11.5. The summed E-state index contributed by atoms with van der Waals surface area (Å²) < 4.78 is 24.3. The van der Waals surface area contributed by atoms with Crippen LogP contribution in [0, 0.1) is 5.82 Å². The zero-order chi connectivity index (χ0) is 17.9. The number of hydrogen-bond acceptors (Lipinski definition) is 4. The van der Waals surface area contributed by atoms with Gasteiger partial charge in [0.25, 0.3) is 0 Å². The molecule has 1 aromatic carbocycles. The molecule has 1 aromatic rings. The van der Waals surface area contributed by atoms with E-state index < -0.39 is 17.8 Å². The van der Waals surface area contributed by atoms with E-state index in [9.17, 15) is 9.18 Å². The third-order valence-electron chi connectivity index (χ3n) is 3.81. The molecule has 1 aliphatic rings. The molecule has 1 N–H and O–H groups in total. The Morgan fingerprint density at radius 1 is 1.46 bits per heavy atom. The van der Waals surface area contributed by atoms with Crippen molar-refractivity contribution in [1.82, 2.24) is 10.2 Å². The van der Waals surface area contributed by atoms with Gasteiger partial charge in [0.1, 0.15) is 5.82 Å². The van der Waals surface area contributed by atoms with Gasteiger partial charge in [-0.2, -0.15) is 0 Å². The second kappa shape index (κ2) is 7.92. The van der Waals surface area contributed by atoms with Crippen LogP contribution in [0.1, 0.15) is 18.5 Å². The van der Waals surface area contributed by atoms with E-state index in [2.05, 4.69) is 5.32 Å². The molecule has 5 nitrogen and oxygen atoms in total. The van der Waals surface area contributed by atoms with Gasteiger partial charge < -0.3 is 19.7 Å². The number of allylic oxidation sites excluding steroid dienone is 1. The number of thiocarbonyl (C=S) groups is 1. The highest BCUT2D eigenvalue weighted by molar-refractivity contribution is 7.80.